The van der Waals surface area contributed by atoms with Gasteiger partial charge in [-0.25, -0.2) is 4.79 Å². The number of aromatic nitrogens is 4. The number of amides is 2. The number of aryl methyl sites for hydroxylation is 2. The summed E-state index contributed by atoms with van der Waals surface area (Å²) in [7, 11) is 0. The van der Waals surface area contributed by atoms with E-state index >= 15 is 0 Å². The van der Waals surface area contributed by atoms with Gasteiger partial charge in [-0.2, -0.15) is 5.10 Å². The Labute approximate surface area is 139 Å². The molecule has 2 aromatic heterocycles. The quantitative estimate of drug-likeness (QED) is 0.850. The van der Waals surface area contributed by atoms with Crippen LogP contribution in [0.15, 0.2) is 6.07 Å². The van der Waals surface area contributed by atoms with Gasteiger partial charge < -0.3 is 5.32 Å². The van der Waals surface area contributed by atoms with E-state index in [9.17, 15) is 4.79 Å². The van der Waals surface area contributed by atoms with Crippen LogP contribution < -0.4 is 10.6 Å². The Balaban J connectivity index is 1.43. The van der Waals surface area contributed by atoms with Crippen molar-refractivity contribution in [3.05, 3.63) is 22.5 Å². The Bertz CT molecular complexity index is 690. The number of carbonyl (C=O) groups excluding carboxylic acids is 1. The molecule has 8 heteroatoms. The summed E-state index contributed by atoms with van der Waals surface area (Å²) >= 11 is 1.47. The van der Waals surface area contributed by atoms with Crippen molar-refractivity contribution in [2.75, 3.05) is 11.9 Å². The first-order valence-electron chi connectivity index (χ1n) is 7.90. The van der Waals surface area contributed by atoms with E-state index < -0.39 is 0 Å². The van der Waals surface area contributed by atoms with Gasteiger partial charge >= 0.3 is 6.03 Å². The van der Waals surface area contributed by atoms with Crippen LogP contribution in [0.4, 0.5) is 9.93 Å². The summed E-state index contributed by atoms with van der Waals surface area (Å²) in [5.74, 6) is 0.849. The topological polar surface area (TPSA) is 84.7 Å². The smallest absolute Gasteiger partial charge is 0.321 e. The van der Waals surface area contributed by atoms with Gasteiger partial charge in [-0.3, -0.25) is 10.00 Å². The third-order valence-electron chi connectivity index (χ3n) is 3.79. The minimum Gasteiger partial charge on any atom is -0.337 e. The number of nitrogens with one attached hydrogen (secondary N) is 2. The summed E-state index contributed by atoms with van der Waals surface area (Å²) in [6, 6.07) is 1.82. The van der Waals surface area contributed by atoms with Gasteiger partial charge in [0.25, 0.3) is 0 Å². The molecule has 0 aliphatic heterocycles. The van der Waals surface area contributed by atoms with E-state index in [0.717, 1.165) is 22.9 Å². The first-order chi connectivity index (χ1) is 11.0. The monoisotopic (exact) mass is 334 g/mol. The molecule has 0 unspecified atom stereocenters. The van der Waals surface area contributed by atoms with Crippen LogP contribution in [-0.2, 0) is 6.54 Å². The Morgan fingerprint density at radius 2 is 2.22 bits per heavy atom. The zero-order valence-electron chi connectivity index (χ0n) is 13.7. The van der Waals surface area contributed by atoms with Crippen molar-refractivity contribution >= 4 is 22.5 Å². The lowest BCUT2D eigenvalue weighted by Crippen LogP contribution is -2.33. The maximum absolute atomic E-state index is 11.9. The average molecular weight is 334 g/mol. The number of hydrogen-bond donors (Lipinski definition) is 2. The molecule has 0 saturated heterocycles. The molecule has 1 saturated carbocycles. The second kappa shape index (κ2) is 6.66. The average Bonchev–Trinajstić information content (AvgIpc) is 3.16. The van der Waals surface area contributed by atoms with E-state index in [1.165, 1.54) is 24.2 Å². The van der Waals surface area contributed by atoms with Crippen LogP contribution in [0.25, 0.3) is 0 Å². The second-order valence-electron chi connectivity index (χ2n) is 6.27. The second-order valence-corrected chi connectivity index (χ2v) is 7.28. The molecule has 3 rings (SSSR count). The van der Waals surface area contributed by atoms with Crippen LogP contribution in [0.5, 0.6) is 0 Å². The summed E-state index contributed by atoms with van der Waals surface area (Å²) in [6.45, 7) is 7.48. The summed E-state index contributed by atoms with van der Waals surface area (Å²) in [5.41, 5.74) is 2.16. The van der Waals surface area contributed by atoms with E-state index in [1.54, 1.807) is 0 Å². The molecular formula is C15H22N6OS. The Hall–Kier alpha value is -1.96. The van der Waals surface area contributed by atoms with Gasteiger partial charge in [0, 0.05) is 24.7 Å². The number of urea groups is 1. The molecule has 2 amide bonds. The van der Waals surface area contributed by atoms with Gasteiger partial charge in [-0.1, -0.05) is 18.3 Å². The largest absolute Gasteiger partial charge is 0.337 e. The lowest BCUT2D eigenvalue weighted by molar-refractivity contribution is 0.249. The highest BCUT2D eigenvalue weighted by Crippen LogP contribution is 2.41. The predicted octanol–water partition coefficient (Wildman–Crippen LogP) is 2.69. The standard InChI is InChI=1S/C15H22N6OS/c1-9(8-21-11(3)6-10(2)20-21)7-16-14(22)17-15-19-18-13(23-15)12-4-5-12/h6,9,12H,4-5,7-8H2,1-3H3,(H2,16,17,19,22)/t9-/m1/s1. The predicted molar refractivity (Wildman–Crippen MR) is 89.8 cm³/mol. The molecule has 2 heterocycles. The third kappa shape index (κ3) is 4.28. The Morgan fingerprint density at radius 3 is 2.87 bits per heavy atom. The Morgan fingerprint density at radius 1 is 1.43 bits per heavy atom. The molecule has 0 radical (unpaired) electrons. The van der Waals surface area contributed by atoms with Gasteiger partial charge in [0.15, 0.2) is 0 Å². The SMILES string of the molecule is Cc1cc(C)n(C[C@H](C)CNC(=O)Nc2nnc(C3CC3)s2)n1. The highest BCUT2D eigenvalue weighted by molar-refractivity contribution is 7.15. The molecule has 1 aliphatic carbocycles. The molecule has 0 aromatic carbocycles. The zero-order valence-corrected chi connectivity index (χ0v) is 14.5. The molecule has 0 spiro atoms. The van der Waals surface area contributed by atoms with E-state index in [-0.39, 0.29) is 11.9 Å². The van der Waals surface area contributed by atoms with Crippen molar-refractivity contribution in [2.45, 2.75) is 46.1 Å². The fourth-order valence-corrected chi connectivity index (χ4v) is 3.32. The van der Waals surface area contributed by atoms with Crippen LogP contribution in [0, 0.1) is 19.8 Å². The van der Waals surface area contributed by atoms with Crippen LogP contribution >= 0.6 is 11.3 Å². The summed E-state index contributed by atoms with van der Waals surface area (Å²) < 4.78 is 1.98. The number of nitrogens with zero attached hydrogens (tertiary/aromatic N) is 4. The minimum absolute atomic E-state index is 0.233. The molecular weight excluding hydrogens is 312 g/mol. The van der Waals surface area contributed by atoms with Crippen LogP contribution in [0.3, 0.4) is 0 Å². The molecule has 7 nitrogen and oxygen atoms in total. The number of anilines is 1. The van der Waals surface area contributed by atoms with E-state index in [0.29, 0.717) is 17.6 Å². The van der Waals surface area contributed by atoms with Crippen LogP contribution in [0.1, 0.15) is 42.1 Å². The number of rotatable bonds is 6. The first kappa shape index (κ1) is 15.9. The highest BCUT2D eigenvalue weighted by atomic mass is 32.1. The zero-order chi connectivity index (χ0) is 16.4. The molecule has 1 atom stereocenters. The van der Waals surface area contributed by atoms with E-state index in [2.05, 4.69) is 38.9 Å². The summed E-state index contributed by atoms with van der Waals surface area (Å²) in [6.07, 6.45) is 2.37. The van der Waals surface area contributed by atoms with Crippen LogP contribution in [-0.4, -0.2) is 32.6 Å². The van der Waals surface area contributed by atoms with E-state index in [1.807, 2.05) is 18.5 Å². The Kier molecular flexibility index (Phi) is 4.61. The molecule has 2 aromatic rings. The van der Waals surface area contributed by atoms with Crippen molar-refractivity contribution in [3.63, 3.8) is 0 Å². The fourth-order valence-electron chi connectivity index (χ4n) is 2.41. The van der Waals surface area contributed by atoms with Gasteiger partial charge in [0.05, 0.1) is 5.69 Å². The van der Waals surface area contributed by atoms with Crippen molar-refractivity contribution in [2.24, 2.45) is 5.92 Å². The van der Waals surface area contributed by atoms with Crippen molar-refractivity contribution in [1.82, 2.24) is 25.3 Å². The normalized spacial score (nSPS) is 15.4. The number of carbonyl (C=O) groups is 1. The van der Waals surface area contributed by atoms with Gasteiger partial charge in [0.2, 0.25) is 5.13 Å². The van der Waals surface area contributed by atoms with Crippen molar-refractivity contribution in [3.8, 4) is 0 Å². The highest BCUT2D eigenvalue weighted by Gasteiger charge is 2.27. The molecule has 2 N–H and O–H groups in total. The molecule has 0 bridgehead atoms. The summed E-state index contributed by atoms with van der Waals surface area (Å²) in [5, 5.41) is 19.8. The van der Waals surface area contributed by atoms with E-state index in [4.69, 9.17) is 0 Å². The lowest BCUT2D eigenvalue weighted by Gasteiger charge is -2.13. The molecule has 124 valence electrons. The maximum Gasteiger partial charge on any atom is 0.321 e. The maximum atomic E-state index is 11.9. The minimum atomic E-state index is -0.233. The first-order valence-corrected chi connectivity index (χ1v) is 8.72. The van der Waals surface area contributed by atoms with Crippen molar-refractivity contribution < 1.29 is 4.79 Å². The third-order valence-corrected chi connectivity index (χ3v) is 4.79. The lowest BCUT2D eigenvalue weighted by atomic mass is 10.2. The number of hydrogen-bond acceptors (Lipinski definition) is 5. The van der Waals surface area contributed by atoms with Gasteiger partial charge in [0.1, 0.15) is 5.01 Å². The van der Waals surface area contributed by atoms with Crippen LogP contribution in [0.2, 0.25) is 0 Å². The molecule has 1 fully saturated rings. The molecule has 23 heavy (non-hydrogen) atoms. The fraction of sp³-hybridized carbons (Fsp3) is 0.600. The van der Waals surface area contributed by atoms with Gasteiger partial charge in [-0.05, 0) is 38.7 Å². The molecule has 1 aliphatic rings. The summed E-state index contributed by atoms with van der Waals surface area (Å²) in [4.78, 5) is 11.9. The van der Waals surface area contributed by atoms with Gasteiger partial charge in [-0.15, -0.1) is 10.2 Å². The van der Waals surface area contributed by atoms with Crippen molar-refractivity contribution in [1.29, 1.82) is 0 Å².